The fourth-order valence-electron chi connectivity index (χ4n) is 1.92. The van der Waals surface area contributed by atoms with Gasteiger partial charge in [0.05, 0.1) is 17.9 Å². The van der Waals surface area contributed by atoms with Crippen molar-refractivity contribution in [3.8, 4) is 6.07 Å². The highest BCUT2D eigenvalue weighted by Crippen LogP contribution is 2.19. The first-order valence-corrected chi connectivity index (χ1v) is 6.73. The van der Waals surface area contributed by atoms with Crippen molar-refractivity contribution < 1.29 is 5.11 Å². The average Bonchev–Trinajstić information content (AvgIpc) is 2.49. The Labute approximate surface area is 123 Å². The number of nitrogens with zero attached hydrogens (tertiary/aromatic N) is 1. The zero-order valence-electron chi connectivity index (χ0n) is 10.9. The van der Waals surface area contributed by atoms with Gasteiger partial charge in [-0.25, -0.2) is 0 Å². The van der Waals surface area contributed by atoms with Gasteiger partial charge in [-0.2, -0.15) is 5.26 Å². The lowest BCUT2D eigenvalue weighted by Crippen LogP contribution is -2.06. The molecule has 0 radical (unpaired) electrons. The average molecular weight is 287 g/mol. The van der Waals surface area contributed by atoms with Crippen LogP contribution in [-0.2, 0) is 13.0 Å². The molecular weight excluding hydrogens is 272 g/mol. The molecule has 0 atom stereocenters. The third-order valence-electron chi connectivity index (χ3n) is 3.04. The monoisotopic (exact) mass is 286 g/mol. The predicted octanol–water partition coefficient (Wildman–Crippen LogP) is 3.36. The highest BCUT2D eigenvalue weighted by atomic mass is 35.5. The summed E-state index contributed by atoms with van der Waals surface area (Å²) in [6.45, 7) is 0.795. The van der Waals surface area contributed by atoms with Gasteiger partial charge in [-0.05, 0) is 35.7 Å². The summed E-state index contributed by atoms with van der Waals surface area (Å²) in [5, 5.41) is 21.8. The minimum atomic E-state index is 0.0643. The number of benzene rings is 2. The second-order valence-electron chi connectivity index (χ2n) is 4.45. The third kappa shape index (κ3) is 3.74. The van der Waals surface area contributed by atoms with Crippen LogP contribution in [0.2, 0.25) is 5.02 Å². The number of aliphatic hydroxyl groups is 1. The summed E-state index contributed by atoms with van der Waals surface area (Å²) < 4.78 is 0. The number of nitrogens with one attached hydrogen (secondary N) is 1. The van der Waals surface area contributed by atoms with Gasteiger partial charge >= 0.3 is 0 Å². The molecular formula is C16H15ClN2O. The van der Waals surface area contributed by atoms with Crippen LogP contribution in [0.1, 0.15) is 16.7 Å². The Hall–Kier alpha value is -2.02. The minimum Gasteiger partial charge on any atom is -0.392 e. The highest BCUT2D eigenvalue weighted by molar-refractivity contribution is 6.30. The van der Waals surface area contributed by atoms with E-state index in [1.54, 1.807) is 12.1 Å². The first-order valence-electron chi connectivity index (χ1n) is 6.35. The number of aliphatic hydroxyl groups excluding tert-OH is 1. The molecule has 0 aliphatic rings. The first kappa shape index (κ1) is 14.4. The summed E-state index contributed by atoms with van der Waals surface area (Å²) >= 11 is 5.85. The lowest BCUT2D eigenvalue weighted by Gasteiger charge is -2.09. The van der Waals surface area contributed by atoms with Crippen molar-refractivity contribution in [3.05, 3.63) is 64.2 Å². The molecule has 0 fully saturated rings. The van der Waals surface area contributed by atoms with Gasteiger partial charge in [0.1, 0.15) is 6.07 Å². The first-order chi connectivity index (χ1) is 9.72. The van der Waals surface area contributed by atoms with E-state index in [-0.39, 0.29) is 6.61 Å². The van der Waals surface area contributed by atoms with Crippen molar-refractivity contribution in [2.45, 2.75) is 13.0 Å². The molecule has 0 heterocycles. The van der Waals surface area contributed by atoms with Gasteiger partial charge in [0.15, 0.2) is 0 Å². The van der Waals surface area contributed by atoms with Crippen LogP contribution in [0.4, 0.5) is 5.69 Å². The van der Waals surface area contributed by atoms with Crippen LogP contribution < -0.4 is 5.32 Å². The van der Waals surface area contributed by atoms with E-state index >= 15 is 0 Å². The Morgan fingerprint density at radius 3 is 2.45 bits per heavy atom. The molecule has 2 N–H and O–H groups in total. The van der Waals surface area contributed by atoms with Crippen molar-refractivity contribution in [1.82, 2.24) is 0 Å². The number of nitriles is 1. The summed E-state index contributed by atoms with van der Waals surface area (Å²) in [4.78, 5) is 0. The molecule has 0 saturated carbocycles. The van der Waals surface area contributed by atoms with Gasteiger partial charge in [-0.1, -0.05) is 35.9 Å². The molecule has 0 saturated heterocycles. The van der Waals surface area contributed by atoms with Gasteiger partial charge in [-0.3, -0.25) is 0 Å². The number of hydrogen-bond donors (Lipinski definition) is 2. The molecule has 0 spiro atoms. The van der Waals surface area contributed by atoms with Crippen molar-refractivity contribution >= 4 is 17.3 Å². The molecule has 0 bridgehead atoms. The van der Waals surface area contributed by atoms with E-state index in [2.05, 4.69) is 11.4 Å². The molecule has 0 amide bonds. The lowest BCUT2D eigenvalue weighted by molar-refractivity contribution is 0.282. The Kier molecular flexibility index (Phi) is 5.00. The van der Waals surface area contributed by atoms with Crippen molar-refractivity contribution in [3.63, 3.8) is 0 Å². The molecule has 0 aliphatic heterocycles. The van der Waals surface area contributed by atoms with E-state index in [1.165, 1.54) is 5.56 Å². The number of hydrogen-bond acceptors (Lipinski definition) is 3. The van der Waals surface area contributed by atoms with Crippen LogP contribution in [0.15, 0.2) is 42.5 Å². The second-order valence-corrected chi connectivity index (χ2v) is 4.89. The predicted molar refractivity (Wildman–Crippen MR) is 80.7 cm³/mol. The highest BCUT2D eigenvalue weighted by Gasteiger charge is 2.02. The van der Waals surface area contributed by atoms with Crippen LogP contribution in [-0.4, -0.2) is 11.7 Å². The molecule has 102 valence electrons. The summed E-state index contributed by atoms with van der Waals surface area (Å²) in [7, 11) is 0. The molecule has 2 aromatic carbocycles. The van der Waals surface area contributed by atoms with Gasteiger partial charge in [0.2, 0.25) is 0 Å². The number of rotatable bonds is 5. The molecule has 4 heteroatoms. The van der Waals surface area contributed by atoms with Crippen LogP contribution in [0.25, 0.3) is 0 Å². The third-order valence-corrected chi connectivity index (χ3v) is 3.27. The fraction of sp³-hybridized carbons (Fsp3) is 0.188. The Bertz CT molecular complexity index is 617. The zero-order valence-corrected chi connectivity index (χ0v) is 11.7. The standard InChI is InChI=1S/C16H15ClN2O/c17-15-5-6-16(14(9-15)10-18)19-8-7-12-1-3-13(11-20)4-2-12/h1-6,9,19-20H,7-8,11H2. The number of halogens is 1. The summed E-state index contributed by atoms with van der Waals surface area (Å²) in [6.07, 6.45) is 0.846. The maximum atomic E-state index is 9.04. The van der Waals surface area contributed by atoms with Crippen LogP contribution in [0, 0.1) is 11.3 Å². The Morgan fingerprint density at radius 1 is 1.10 bits per heavy atom. The van der Waals surface area contributed by atoms with Gasteiger partial charge in [-0.15, -0.1) is 0 Å². The van der Waals surface area contributed by atoms with Crippen molar-refractivity contribution in [1.29, 1.82) is 5.26 Å². The Balaban J connectivity index is 1.94. The Morgan fingerprint density at radius 2 is 1.80 bits per heavy atom. The van der Waals surface area contributed by atoms with Crippen LogP contribution in [0.5, 0.6) is 0 Å². The lowest BCUT2D eigenvalue weighted by atomic mass is 10.1. The van der Waals surface area contributed by atoms with E-state index in [9.17, 15) is 0 Å². The maximum absolute atomic E-state index is 9.04. The van der Waals surface area contributed by atoms with E-state index in [1.807, 2.05) is 30.3 Å². The zero-order chi connectivity index (χ0) is 14.4. The van der Waals surface area contributed by atoms with E-state index in [4.69, 9.17) is 22.0 Å². The van der Waals surface area contributed by atoms with E-state index < -0.39 is 0 Å². The van der Waals surface area contributed by atoms with Crippen LogP contribution in [0.3, 0.4) is 0 Å². The van der Waals surface area contributed by atoms with Gasteiger partial charge in [0, 0.05) is 11.6 Å². The molecule has 2 aromatic rings. The summed E-state index contributed by atoms with van der Waals surface area (Å²) in [5.41, 5.74) is 3.44. The van der Waals surface area contributed by atoms with Crippen molar-refractivity contribution in [2.75, 3.05) is 11.9 Å². The van der Waals surface area contributed by atoms with Gasteiger partial charge < -0.3 is 10.4 Å². The minimum absolute atomic E-state index is 0.0643. The topological polar surface area (TPSA) is 56.0 Å². The SMILES string of the molecule is N#Cc1cc(Cl)ccc1NCCc1ccc(CO)cc1. The molecule has 2 rings (SSSR count). The van der Waals surface area contributed by atoms with E-state index in [0.717, 1.165) is 24.2 Å². The summed E-state index contributed by atoms with van der Waals surface area (Å²) in [6, 6.07) is 15.2. The second kappa shape index (κ2) is 6.95. The molecule has 20 heavy (non-hydrogen) atoms. The molecule has 0 aliphatic carbocycles. The fourth-order valence-corrected chi connectivity index (χ4v) is 2.09. The normalized spacial score (nSPS) is 10.1. The maximum Gasteiger partial charge on any atom is 0.101 e. The van der Waals surface area contributed by atoms with E-state index in [0.29, 0.717) is 10.6 Å². The van der Waals surface area contributed by atoms with Crippen molar-refractivity contribution in [2.24, 2.45) is 0 Å². The smallest absolute Gasteiger partial charge is 0.101 e. The molecule has 0 aromatic heterocycles. The molecule has 3 nitrogen and oxygen atoms in total. The largest absolute Gasteiger partial charge is 0.392 e. The van der Waals surface area contributed by atoms with Crippen LogP contribution >= 0.6 is 11.6 Å². The quantitative estimate of drug-likeness (QED) is 0.886. The number of anilines is 1. The summed E-state index contributed by atoms with van der Waals surface area (Å²) in [5.74, 6) is 0. The van der Waals surface area contributed by atoms with Gasteiger partial charge in [0.25, 0.3) is 0 Å². The molecule has 0 unspecified atom stereocenters.